The molecule has 0 N–H and O–H groups in total. The minimum absolute atomic E-state index is 0.182. The van der Waals surface area contributed by atoms with Gasteiger partial charge in [0.15, 0.2) is 0 Å². The molecule has 2 heterocycles. The molecule has 10 heteroatoms. The van der Waals surface area contributed by atoms with Gasteiger partial charge in [-0.1, -0.05) is 84.9 Å². The summed E-state index contributed by atoms with van der Waals surface area (Å²) in [5, 5.41) is 3.00. The molecule has 4 aromatic rings. The van der Waals surface area contributed by atoms with Crippen molar-refractivity contribution in [2.75, 3.05) is 26.2 Å². The van der Waals surface area contributed by atoms with Gasteiger partial charge in [0, 0.05) is 36.4 Å². The lowest BCUT2D eigenvalue weighted by molar-refractivity contribution is -0.183. The topological polar surface area (TPSA) is 77.5 Å². The molecule has 0 saturated carbocycles. The van der Waals surface area contributed by atoms with E-state index in [0.717, 1.165) is 34.4 Å². The third-order valence-electron chi connectivity index (χ3n) is 8.32. The number of benzene rings is 4. The fourth-order valence-corrected chi connectivity index (χ4v) is 5.88. The number of hydrogen-bond donors (Lipinski definition) is 0. The molecule has 2 atom stereocenters. The van der Waals surface area contributed by atoms with Crippen molar-refractivity contribution in [3.8, 4) is 22.3 Å². The maximum Gasteiger partial charge on any atom is 0.349 e. The normalized spacial score (nSPS) is 18.4. The Morgan fingerprint density at radius 3 is 1.38 bits per heavy atom. The Morgan fingerprint density at radius 2 is 0.958 bits per heavy atom. The fraction of sp³-hybridized carbons (Fsp3) is 0.263. The van der Waals surface area contributed by atoms with Crippen molar-refractivity contribution >= 4 is 11.9 Å². The number of hydroxylamine groups is 4. The predicted molar refractivity (Wildman–Crippen MR) is 175 cm³/mol. The van der Waals surface area contributed by atoms with Crippen LogP contribution in [-0.2, 0) is 42.0 Å². The molecule has 0 spiro atoms. The summed E-state index contributed by atoms with van der Waals surface area (Å²) in [7, 11) is 0. The van der Waals surface area contributed by atoms with Crippen LogP contribution in [0.4, 0.5) is 8.78 Å². The first-order valence-corrected chi connectivity index (χ1v) is 15.9. The SMILES string of the molecule is O=C(/C=C/C(=O)ON1CC[C@@H](OCc2ccccc2-c2ccccc2F)C1)ON1CC[C@@H](OCc2ccccc2-c2ccccc2F)C1. The molecular formula is C38H36F2N2O6. The van der Waals surface area contributed by atoms with Crippen LogP contribution in [0.25, 0.3) is 22.3 Å². The number of nitrogens with zero attached hydrogens (tertiary/aromatic N) is 2. The first kappa shape index (κ1) is 33.2. The van der Waals surface area contributed by atoms with Crippen LogP contribution in [0, 0.1) is 11.6 Å². The Morgan fingerprint density at radius 1 is 0.583 bits per heavy atom. The van der Waals surface area contributed by atoms with Crippen molar-refractivity contribution in [1.29, 1.82) is 0 Å². The third kappa shape index (κ3) is 8.59. The Bertz CT molecular complexity index is 1640. The fourth-order valence-electron chi connectivity index (χ4n) is 5.88. The van der Waals surface area contributed by atoms with Gasteiger partial charge in [-0.15, -0.1) is 10.1 Å². The molecule has 8 nitrogen and oxygen atoms in total. The summed E-state index contributed by atoms with van der Waals surface area (Å²) in [6, 6.07) is 28.3. The molecule has 6 rings (SSSR count). The van der Waals surface area contributed by atoms with Gasteiger partial charge in [-0.05, 0) is 47.2 Å². The number of rotatable bonds is 12. The number of carbonyl (C=O) groups excluding carboxylic acids is 2. The van der Waals surface area contributed by atoms with E-state index in [1.807, 2.05) is 48.5 Å². The van der Waals surface area contributed by atoms with Crippen molar-refractivity contribution in [2.45, 2.75) is 38.3 Å². The summed E-state index contributed by atoms with van der Waals surface area (Å²) < 4.78 is 41.0. The maximum absolute atomic E-state index is 14.4. The van der Waals surface area contributed by atoms with Crippen LogP contribution >= 0.6 is 0 Å². The third-order valence-corrected chi connectivity index (χ3v) is 8.32. The van der Waals surface area contributed by atoms with Crippen molar-refractivity contribution in [3.05, 3.63) is 132 Å². The molecule has 48 heavy (non-hydrogen) atoms. The van der Waals surface area contributed by atoms with Crippen LogP contribution in [0.1, 0.15) is 24.0 Å². The molecule has 0 amide bonds. The first-order chi connectivity index (χ1) is 23.4. The number of ether oxygens (including phenoxy) is 2. The summed E-state index contributed by atoms with van der Waals surface area (Å²) in [6.07, 6.45) is 3.00. The van der Waals surface area contributed by atoms with E-state index in [-0.39, 0.29) is 37.1 Å². The number of hydrogen-bond acceptors (Lipinski definition) is 8. The van der Waals surface area contributed by atoms with Crippen molar-refractivity contribution in [2.24, 2.45) is 0 Å². The van der Waals surface area contributed by atoms with E-state index in [4.69, 9.17) is 19.1 Å². The molecule has 2 saturated heterocycles. The van der Waals surface area contributed by atoms with Crippen LogP contribution in [0.3, 0.4) is 0 Å². The summed E-state index contributed by atoms with van der Waals surface area (Å²) in [6.45, 7) is 2.25. The average molecular weight is 655 g/mol. The summed E-state index contributed by atoms with van der Waals surface area (Å²) in [5.41, 5.74) is 4.30. The maximum atomic E-state index is 14.4. The monoisotopic (exact) mass is 654 g/mol. The summed E-state index contributed by atoms with van der Waals surface area (Å²) in [4.78, 5) is 35.5. The standard InChI is InChI=1S/C38H36F2N2O6/c39-35-15-7-5-13-33(35)31-11-3-1-9-27(31)25-45-29-19-21-41(23-29)47-37(43)17-18-38(44)48-42-22-20-30(24-42)46-26-28-10-2-4-12-32(28)34-14-6-8-16-36(34)40/h1-18,29-30H,19-26H2/b18-17+/t29-,30-/m1/s1. The van der Waals surface area contributed by atoms with Crippen LogP contribution in [0.15, 0.2) is 109 Å². The molecule has 0 aromatic heterocycles. The summed E-state index contributed by atoms with van der Waals surface area (Å²) >= 11 is 0. The molecule has 0 aliphatic carbocycles. The van der Waals surface area contributed by atoms with E-state index in [1.165, 1.54) is 22.3 Å². The van der Waals surface area contributed by atoms with E-state index < -0.39 is 11.9 Å². The quantitative estimate of drug-likeness (QED) is 0.157. The van der Waals surface area contributed by atoms with Gasteiger partial charge < -0.3 is 19.1 Å². The highest BCUT2D eigenvalue weighted by Crippen LogP contribution is 2.29. The zero-order chi connectivity index (χ0) is 33.3. The van der Waals surface area contributed by atoms with Crippen LogP contribution in [0.2, 0.25) is 0 Å². The van der Waals surface area contributed by atoms with Crippen molar-refractivity contribution in [3.63, 3.8) is 0 Å². The van der Waals surface area contributed by atoms with Gasteiger partial charge >= 0.3 is 11.9 Å². The number of halogens is 2. The Hall–Kier alpha value is -4.74. The van der Waals surface area contributed by atoms with Gasteiger partial charge in [-0.3, -0.25) is 0 Å². The number of carbonyl (C=O) groups is 2. The lowest BCUT2D eigenvalue weighted by Crippen LogP contribution is -2.27. The molecule has 248 valence electrons. The average Bonchev–Trinajstić information content (AvgIpc) is 3.75. The zero-order valence-electron chi connectivity index (χ0n) is 26.3. The Kier molecular flexibility index (Phi) is 11.0. The van der Waals surface area contributed by atoms with Crippen molar-refractivity contribution in [1.82, 2.24) is 10.1 Å². The Labute approximate surface area is 278 Å². The van der Waals surface area contributed by atoms with Crippen molar-refractivity contribution < 1.29 is 37.5 Å². The van der Waals surface area contributed by atoms with E-state index in [1.54, 1.807) is 36.4 Å². The zero-order valence-corrected chi connectivity index (χ0v) is 26.3. The molecule has 2 fully saturated rings. The van der Waals surface area contributed by atoms with Crippen LogP contribution in [0.5, 0.6) is 0 Å². The van der Waals surface area contributed by atoms with Gasteiger partial charge in [0.25, 0.3) is 0 Å². The first-order valence-electron chi connectivity index (χ1n) is 15.9. The van der Waals surface area contributed by atoms with E-state index >= 15 is 0 Å². The Balaban J connectivity index is 0.911. The lowest BCUT2D eigenvalue weighted by atomic mass is 10.00. The van der Waals surface area contributed by atoms with Gasteiger partial charge in [0.1, 0.15) is 11.6 Å². The van der Waals surface area contributed by atoms with Crippen LogP contribution < -0.4 is 0 Å². The molecule has 2 aliphatic heterocycles. The van der Waals surface area contributed by atoms with E-state index in [0.29, 0.717) is 50.1 Å². The van der Waals surface area contributed by atoms with Gasteiger partial charge in [-0.25, -0.2) is 18.4 Å². The predicted octanol–water partition coefficient (Wildman–Crippen LogP) is 6.65. The van der Waals surface area contributed by atoms with Gasteiger partial charge in [0.05, 0.1) is 38.5 Å². The highest BCUT2D eigenvalue weighted by Gasteiger charge is 2.28. The molecule has 4 aromatic carbocycles. The molecule has 0 radical (unpaired) electrons. The van der Waals surface area contributed by atoms with E-state index in [9.17, 15) is 18.4 Å². The molecule has 0 bridgehead atoms. The molecular weight excluding hydrogens is 618 g/mol. The summed E-state index contributed by atoms with van der Waals surface area (Å²) in [5.74, 6) is -1.99. The van der Waals surface area contributed by atoms with Gasteiger partial charge in [-0.2, -0.15) is 0 Å². The highest BCUT2D eigenvalue weighted by molar-refractivity contribution is 5.91. The molecule has 0 unspecified atom stereocenters. The van der Waals surface area contributed by atoms with Crippen LogP contribution in [-0.4, -0.2) is 60.5 Å². The lowest BCUT2D eigenvalue weighted by Gasteiger charge is -2.17. The second-order valence-corrected chi connectivity index (χ2v) is 11.6. The highest BCUT2D eigenvalue weighted by atomic mass is 19.1. The smallest absolute Gasteiger partial charge is 0.349 e. The minimum Gasteiger partial charge on any atom is -0.372 e. The van der Waals surface area contributed by atoms with E-state index in [2.05, 4.69) is 0 Å². The van der Waals surface area contributed by atoms with Gasteiger partial charge in [0.2, 0.25) is 0 Å². The molecule has 2 aliphatic rings. The second-order valence-electron chi connectivity index (χ2n) is 11.6. The minimum atomic E-state index is -0.700. The largest absolute Gasteiger partial charge is 0.372 e. The second kappa shape index (κ2) is 15.9.